The molecular formula is C20H15ClN4O. The zero-order valence-corrected chi connectivity index (χ0v) is 14.8. The number of halogens is 1. The van der Waals surface area contributed by atoms with Crippen LogP contribution in [-0.4, -0.2) is 19.2 Å². The second-order valence-electron chi connectivity index (χ2n) is 5.92. The highest BCUT2D eigenvalue weighted by Gasteiger charge is 2.12. The molecule has 6 heteroatoms. The molecule has 4 aromatic rings. The molecule has 0 aliphatic rings. The van der Waals surface area contributed by atoms with Gasteiger partial charge in [0, 0.05) is 24.5 Å². The summed E-state index contributed by atoms with van der Waals surface area (Å²) in [6, 6.07) is 14.7. The Kier molecular flexibility index (Phi) is 4.14. The highest BCUT2D eigenvalue weighted by Crippen LogP contribution is 2.20. The van der Waals surface area contributed by atoms with E-state index in [-0.39, 0.29) is 5.56 Å². The normalized spacial score (nSPS) is 11.5. The predicted octanol–water partition coefficient (Wildman–Crippen LogP) is 4.01. The second kappa shape index (κ2) is 6.61. The van der Waals surface area contributed by atoms with E-state index in [4.69, 9.17) is 11.6 Å². The summed E-state index contributed by atoms with van der Waals surface area (Å²) in [6.45, 7) is 2.01. The molecule has 0 fully saturated rings. The molecule has 0 atom stereocenters. The molecule has 0 saturated carbocycles. The zero-order valence-electron chi connectivity index (χ0n) is 14.0. The molecule has 0 N–H and O–H groups in total. The van der Waals surface area contributed by atoms with E-state index in [9.17, 15) is 4.79 Å². The van der Waals surface area contributed by atoms with Crippen molar-refractivity contribution in [3.05, 3.63) is 93.3 Å². The van der Waals surface area contributed by atoms with Crippen molar-refractivity contribution in [3.8, 4) is 5.69 Å². The lowest BCUT2D eigenvalue weighted by Crippen LogP contribution is -2.20. The molecule has 1 aromatic carbocycles. The average molecular weight is 363 g/mol. The minimum absolute atomic E-state index is 0.201. The van der Waals surface area contributed by atoms with Crippen LogP contribution in [0.5, 0.6) is 0 Å². The lowest BCUT2D eigenvalue weighted by atomic mass is 10.2. The fraction of sp³-hybridized carbons (Fsp3) is 0.0500. The van der Waals surface area contributed by atoms with Gasteiger partial charge in [-0.1, -0.05) is 41.4 Å². The highest BCUT2D eigenvalue weighted by atomic mass is 35.5. The summed E-state index contributed by atoms with van der Waals surface area (Å²) in [5.74, 6) is 0. The molecule has 128 valence electrons. The van der Waals surface area contributed by atoms with Crippen molar-refractivity contribution in [2.75, 3.05) is 0 Å². The smallest absolute Gasteiger partial charge is 0.267 e. The molecule has 0 amide bonds. The van der Waals surface area contributed by atoms with Crippen molar-refractivity contribution in [1.29, 1.82) is 0 Å². The number of hydrogen-bond acceptors (Lipinski definition) is 3. The zero-order chi connectivity index (χ0) is 18.1. The summed E-state index contributed by atoms with van der Waals surface area (Å²) >= 11 is 6.38. The molecule has 5 nitrogen and oxygen atoms in total. The second-order valence-corrected chi connectivity index (χ2v) is 6.31. The van der Waals surface area contributed by atoms with Crippen LogP contribution in [0.25, 0.3) is 23.5 Å². The number of benzene rings is 1. The van der Waals surface area contributed by atoms with Crippen LogP contribution in [0.15, 0.2) is 65.7 Å². The molecule has 0 aliphatic heterocycles. The lowest BCUT2D eigenvalue weighted by molar-refractivity contribution is 0.763. The van der Waals surface area contributed by atoms with E-state index in [0.29, 0.717) is 16.5 Å². The number of nitrogens with zero attached hydrogens (tertiary/aromatic N) is 4. The van der Waals surface area contributed by atoms with Crippen LogP contribution in [0.2, 0.25) is 5.15 Å². The first-order chi connectivity index (χ1) is 12.6. The number of rotatable bonds is 3. The third-order valence-corrected chi connectivity index (χ3v) is 4.27. The maximum Gasteiger partial charge on any atom is 0.273 e. The Balaban J connectivity index is 1.81. The van der Waals surface area contributed by atoms with Gasteiger partial charge < -0.3 is 0 Å². The van der Waals surface area contributed by atoms with Crippen molar-refractivity contribution < 1.29 is 0 Å². The maximum absolute atomic E-state index is 12.7. The van der Waals surface area contributed by atoms with Crippen LogP contribution >= 0.6 is 11.6 Å². The predicted molar refractivity (Wildman–Crippen MR) is 104 cm³/mol. The Morgan fingerprint density at radius 1 is 1.08 bits per heavy atom. The van der Waals surface area contributed by atoms with Gasteiger partial charge >= 0.3 is 0 Å². The largest absolute Gasteiger partial charge is 0.273 e. The molecule has 3 heterocycles. The van der Waals surface area contributed by atoms with Gasteiger partial charge in [-0.25, -0.2) is 9.67 Å². The Morgan fingerprint density at radius 2 is 1.88 bits per heavy atom. The highest BCUT2D eigenvalue weighted by molar-refractivity contribution is 6.30. The average Bonchev–Trinajstić information content (AvgIpc) is 2.98. The van der Waals surface area contributed by atoms with E-state index in [0.717, 1.165) is 16.8 Å². The van der Waals surface area contributed by atoms with E-state index in [1.54, 1.807) is 29.2 Å². The number of aromatic nitrogens is 4. The van der Waals surface area contributed by atoms with Gasteiger partial charge in [-0.15, -0.1) is 0 Å². The van der Waals surface area contributed by atoms with Gasteiger partial charge in [-0.05, 0) is 36.8 Å². The molecule has 0 unspecified atom stereocenters. The molecule has 0 saturated heterocycles. The summed E-state index contributed by atoms with van der Waals surface area (Å²) < 4.78 is 3.12. The fourth-order valence-corrected chi connectivity index (χ4v) is 3.01. The van der Waals surface area contributed by atoms with Crippen LogP contribution in [0, 0.1) is 6.92 Å². The third-order valence-electron chi connectivity index (χ3n) is 4.00. The van der Waals surface area contributed by atoms with Gasteiger partial charge in [0.2, 0.25) is 0 Å². The van der Waals surface area contributed by atoms with E-state index in [2.05, 4.69) is 9.97 Å². The van der Waals surface area contributed by atoms with Gasteiger partial charge in [-0.3, -0.25) is 9.78 Å². The van der Waals surface area contributed by atoms with Gasteiger partial charge in [0.25, 0.3) is 5.56 Å². The topological polar surface area (TPSA) is 52.2 Å². The van der Waals surface area contributed by atoms with Gasteiger partial charge in [0.15, 0.2) is 5.65 Å². The van der Waals surface area contributed by atoms with Crippen LogP contribution in [0.4, 0.5) is 0 Å². The first-order valence-electron chi connectivity index (χ1n) is 8.08. The Bertz CT molecular complexity index is 1160. The first-order valence-corrected chi connectivity index (χ1v) is 8.46. The summed E-state index contributed by atoms with van der Waals surface area (Å²) in [5, 5.41) is 0.423. The SMILES string of the molecule is Cc1ccc(-n2c(Cl)cc3nc(C=Cc4cccnc4)cc(=O)n32)cc1. The number of pyridine rings is 1. The minimum atomic E-state index is -0.201. The molecule has 0 bridgehead atoms. The number of aryl methyl sites for hydroxylation is 1. The first kappa shape index (κ1) is 16.3. The summed E-state index contributed by atoms with van der Waals surface area (Å²) in [5.41, 5.74) is 3.73. The quantitative estimate of drug-likeness (QED) is 0.553. The molecule has 0 aliphatic carbocycles. The molecule has 0 spiro atoms. The van der Waals surface area contributed by atoms with E-state index in [1.165, 1.54) is 10.6 Å². The van der Waals surface area contributed by atoms with Crippen LogP contribution < -0.4 is 5.56 Å². The standard InChI is InChI=1S/C20H15ClN4O/c1-14-4-8-17(9-5-14)24-18(21)12-19-23-16(11-20(26)25(19)24)7-6-15-3-2-10-22-13-15/h2-13H,1H3. The molecule has 0 radical (unpaired) electrons. The summed E-state index contributed by atoms with van der Waals surface area (Å²) in [7, 11) is 0. The molecule has 26 heavy (non-hydrogen) atoms. The van der Waals surface area contributed by atoms with E-state index >= 15 is 0 Å². The number of fused-ring (bicyclic) bond motifs is 1. The monoisotopic (exact) mass is 362 g/mol. The van der Waals surface area contributed by atoms with Gasteiger partial charge in [0.1, 0.15) is 5.15 Å². The summed E-state index contributed by atoms with van der Waals surface area (Å²) in [4.78, 5) is 21.3. The Labute approximate surface area is 154 Å². The molecule has 4 rings (SSSR count). The van der Waals surface area contributed by atoms with E-state index in [1.807, 2.05) is 49.4 Å². The van der Waals surface area contributed by atoms with Crippen molar-refractivity contribution in [2.45, 2.75) is 6.92 Å². The molecule has 3 aromatic heterocycles. The molecular weight excluding hydrogens is 348 g/mol. The maximum atomic E-state index is 12.7. The van der Waals surface area contributed by atoms with Gasteiger partial charge in [0.05, 0.1) is 11.4 Å². The van der Waals surface area contributed by atoms with Crippen LogP contribution in [0.1, 0.15) is 16.8 Å². The van der Waals surface area contributed by atoms with Crippen LogP contribution in [0.3, 0.4) is 0 Å². The Hall–Kier alpha value is -3.18. The third kappa shape index (κ3) is 3.05. The number of hydrogen-bond donors (Lipinski definition) is 0. The minimum Gasteiger partial charge on any atom is -0.267 e. The Morgan fingerprint density at radius 3 is 2.62 bits per heavy atom. The van der Waals surface area contributed by atoms with Crippen molar-refractivity contribution in [1.82, 2.24) is 19.2 Å². The van der Waals surface area contributed by atoms with Crippen molar-refractivity contribution in [2.24, 2.45) is 0 Å². The fourth-order valence-electron chi connectivity index (χ4n) is 2.74. The van der Waals surface area contributed by atoms with Crippen LogP contribution in [-0.2, 0) is 0 Å². The van der Waals surface area contributed by atoms with Crippen molar-refractivity contribution >= 4 is 29.4 Å². The lowest BCUT2D eigenvalue weighted by Gasteiger charge is -2.08. The van der Waals surface area contributed by atoms with E-state index < -0.39 is 0 Å². The summed E-state index contributed by atoms with van der Waals surface area (Å²) in [6.07, 6.45) is 7.11. The van der Waals surface area contributed by atoms with Gasteiger partial charge in [-0.2, -0.15) is 4.52 Å². The van der Waals surface area contributed by atoms with Crippen molar-refractivity contribution in [3.63, 3.8) is 0 Å².